The van der Waals surface area contributed by atoms with Gasteiger partial charge in [0.05, 0.1) is 0 Å². The quantitative estimate of drug-likeness (QED) is 0.555. The molecule has 0 spiro atoms. The first kappa shape index (κ1) is 16.7. The van der Waals surface area contributed by atoms with Crippen LogP contribution in [0.5, 0.6) is 11.5 Å². The molecule has 0 saturated carbocycles. The third-order valence-electron chi connectivity index (χ3n) is 5.06. The summed E-state index contributed by atoms with van der Waals surface area (Å²) in [6.45, 7) is 3.39. The van der Waals surface area contributed by atoms with Crippen molar-refractivity contribution in [3.8, 4) is 11.5 Å². The predicted molar refractivity (Wildman–Crippen MR) is 105 cm³/mol. The summed E-state index contributed by atoms with van der Waals surface area (Å²) in [4.78, 5) is 0. The van der Waals surface area contributed by atoms with E-state index in [-0.39, 0.29) is 0 Å². The summed E-state index contributed by atoms with van der Waals surface area (Å²) < 4.78 is 12.3. The van der Waals surface area contributed by atoms with Gasteiger partial charge in [0.25, 0.3) is 0 Å². The number of ether oxygens (including phenoxy) is 2. The highest BCUT2D eigenvalue weighted by Gasteiger charge is 2.22. The maximum Gasteiger partial charge on any atom is 0.162 e. The van der Waals surface area contributed by atoms with Crippen LogP contribution in [0.1, 0.15) is 41.5 Å². The summed E-state index contributed by atoms with van der Waals surface area (Å²) in [5, 5.41) is 0. The minimum absolute atomic E-state index is 0.551. The van der Waals surface area contributed by atoms with Crippen molar-refractivity contribution < 1.29 is 9.47 Å². The summed E-state index contributed by atoms with van der Waals surface area (Å²) in [5.74, 6) is 2.28. The van der Waals surface area contributed by atoms with Gasteiger partial charge in [-0.3, -0.25) is 0 Å². The number of rotatable bonds is 6. The van der Waals surface area contributed by atoms with Crippen molar-refractivity contribution in [2.75, 3.05) is 0 Å². The van der Waals surface area contributed by atoms with E-state index in [4.69, 9.17) is 9.47 Å². The second kappa shape index (κ2) is 7.65. The molecule has 3 aromatic rings. The van der Waals surface area contributed by atoms with Gasteiger partial charge in [-0.25, -0.2) is 0 Å². The minimum Gasteiger partial charge on any atom is -0.485 e. The van der Waals surface area contributed by atoms with E-state index >= 15 is 0 Å². The lowest BCUT2D eigenvalue weighted by molar-refractivity contribution is 0.255. The Labute approximate surface area is 155 Å². The molecule has 0 aliphatic heterocycles. The van der Waals surface area contributed by atoms with Gasteiger partial charge in [-0.15, -0.1) is 0 Å². The van der Waals surface area contributed by atoms with Crippen molar-refractivity contribution in [2.45, 2.75) is 38.9 Å². The highest BCUT2D eigenvalue weighted by molar-refractivity contribution is 5.50. The van der Waals surface area contributed by atoms with E-state index in [9.17, 15) is 0 Å². The molecule has 1 unspecified atom stereocenters. The Morgan fingerprint density at radius 3 is 1.88 bits per heavy atom. The molecule has 0 amide bonds. The monoisotopic (exact) mass is 344 g/mol. The first-order valence-corrected chi connectivity index (χ1v) is 9.30. The second-order valence-electron chi connectivity index (χ2n) is 6.99. The molecule has 0 heterocycles. The fraction of sp³-hybridized carbons (Fsp3) is 0.250. The SMILES string of the molecule is CC1CCc2cc(OCc3ccccc3)c(OCc3ccccc3)cc21. The van der Waals surface area contributed by atoms with E-state index in [0.29, 0.717) is 19.1 Å². The van der Waals surface area contributed by atoms with E-state index in [1.54, 1.807) is 0 Å². The van der Waals surface area contributed by atoms with Gasteiger partial charge >= 0.3 is 0 Å². The minimum atomic E-state index is 0.551. The lowest BCUT2D eigenvalue weighted by atomic mass is 10.0. The molecule has 1 atom stereocenters. The molecule has 0 saturated heterocycles. The van der Waals surface area contributed by atoms with Crippen LogP contribution in [0, 0.1) is 0 Å². The third kappa shape index (κ3) is 3.75. The summed E-state index contributed by atoms with van der Waals surface area (Å²) in [6, 6.07) is 24.9. The molecular formula is C24H24O2. The van der Waals surface area contributed by atoms with Crippen LogP contribution >= 0.6 is 0 Å². The number of fused-ring (bicyclic) bond motifs is 1. The van der Waals surface area contributed by atoms with Crippen LogP contribution in [0.4, 0.5) is 0 Å². The summed E-state index contributed by atoms with van der Waals surface area (Å²) in [5.41, 5.74) is 5.12. The molecule has 0 bridgehead atoms. The second-order valence-corrected chi connectivity index (χ2v) is 6.99. The Balaban J connectivity index is 1.56. The Bertz CT molecular complexity index is 856. The van der Waals surface area contributed by atoms with Crippen LogP contribution in [0.3, 0.4) is 0 Å². The van der Waals surface area contributed by atoms with Crippen LogP contribution in [0.2, 0.25) is 0 Å². The molecule has 3 aromatic carbocycles. The van der Waals surface area contributed by atoms with Crippen molar-refractivity contribution >= 4 is 0 Å². The maximum atomic E-state index is 6.16. The molecule has 0 N–H and O–H groups in total. The lowest BCUT2D eigenvalue weighted by Crippen LogP contribution is -2.02. The standard InChI is InChI=1S/C24H24O2/c1-18-12-13-21-14-23(25-16-19-8-4-2-5-9-19)24(15-22(18)21)26-17-20-10-6-3-7-11-20/h2-11,14-15,18H,12-13,16-17H2,1H3. The molecule has 0 aromatic heterocycles. The van der Waals surface area contributed by atoms with Gasteiger partial charge in [-0.2, -0.15) is 0 Å². The zero-order valence-corrected chi connectivity index (χ0v) is 15.2. The Morgan fingerprint density at radius 2 is 1.31 bits per heavy atom. The van der Waals surface area contributed by atoms with Gasteiger partial charge in [0.2, 0.25) is 0 Å². The number of benzene rings is 3. The number of aryl methyl sites for hydroxylation is 1. The molecule has 1 aliphatic carbocycles. The topological polar surface area (TPSA) is 18.5 Å². The molecule has 0 fully saturated rings. The van der Waals surface area contributed by atoms with Gasteiger partial charge in [-0.05, 0) is 53.1 Å². The summed E-state index contributed by atoms with van der Waals surface area (Å²) in [6.07, 6.45) is 2.33. The molecule has 4 rings (SSSR count). The van der Waals surface area contributed by atoms with Crippen LogP contribution in [0.15, 0.2) is 72.8 Å². The van der Waals surface area contributed by atoms with Crippen molar-refractivity contribution in [1.82, 2.24) is 0 Å². The van der Waals surface area contributed by atoms with E-state index in [1.807, 2.05) is 36.4 Å². The number of hydrogen-bond donors (Lipinski definition) is 0. The highest BCUT2D eigenvalue weighted by Crippen LogP contribution is 2.40. The van der Waals surface area contributed by atoms with Gasteiger partial charge in [0, 0.05) is 0 Å². The average Bonchev–Trinajstić information content (AvgIpc) is 3.06. The fourth-order valence-electron chi connectivity index (χ4n) is 3.52. The zero-order chi connectivity index (χ0) is 17.8. The molecule has 2 heteroatoms. The Hall–Kier alpha value is -2.74. The van der Waals surface area contributed by atoms with Gasteiger partial charge in [0.1, 0.15) is 13.2 Å². The lowest BCUT2D eigenvalue weighted by Gasteiger charge is -2.16. The average molecular weight is 344 g/mol. The number of hydrogen-bond acceptors (Lipinski definition) is 2. The van der Waals surface area contributed by atoms with Crippen LogP contribution in [-0.4, -0.2) is 0 Å². The molecular weight excluding hydrogens is 320 g/mol. The molecule has 2 nitrogen and oxygen atoms in total. The van der Waals surface area contributed by atoms with Crippen LogP contribution in [0.25, 0.3) is 0 Å². The van der Waals surface area contributed by atoms with Crippen molar-refractivity contribution in [2.24, 2.45) is 0 Å². The van der Waals surface area contributed by atoms with Crippen molar-refractivity contribution in [1.29, 1.82) is 0 Å². The molecule has 26 heavy (non-hydrogen) atoms. The Morgan fingerprint density at radius 1 is 0.769 bits per heavy atom. The van der Waals surface area contributed by atoms with E-state index < -0.39 is 0 Å². The molecule has 132 valence electrons. The highest BCUT2D eigenvalue weighted by atomic mass is 16.5. The van der Waals surface area contributed by atoms with E-state index in [1.165, 1.54) is 17.5 Å². The van der Waals surface area contributed by atoms with Crippen molar-refractivity contribution in [3.05, 3.63) is 95.1 Å². The Kier molecular flexibility index (Phi) is 4.92. The summed E-state index contributed by atoms with van der Waals surface area (Å²) >= 11 is 0. The van der Waals surface area contributed by atoms with Gasteiger partial charge < -0.3 is 9.47 Å². The zero-order valence-electron chi connectivity index (χ0n) is 15.2. The molecule has 0 radical (unpaired) electrons. The maximum absolute atomic E-state index is 6.16. The first-order chi connectivity index (χ1) is 12.8. The van der Waals surface area contributed by atoms with Crippen LogP contribution in [-0.2, 0) is 19.6 Å². The van der Waals surface area contributed by atoms with Gasteiger partial charge in [-0.1, -0.05) is 67.6 Å². The van der Waals surface area contributed by atoms with Crippen molar-refractivity contribution in [3.63, 3.8) is 0 Å². The van der Waals surface area contributed by atoms with Gasteiger partial charge in [0.15, 0.2) is 11.5 Å². The summed E-state index contributed by atoms with van der Waals surface area (Å²) in [7, 11) is 0. The first-order valence-electron chi connectivity index (χ1n) is 9.30. The fourth-order valence-corrected chi connectivity index (χ4v) is 3.52. The molecule has 1 aliphatic rings. The predicted octanol–water partition coefficient (Wildman–Crippen LogP) is 5.89. The van der Waals surface area contributed by atoms with E-state index in [2.05, 4.69) is 43.3 Å². The van der Waals surface area contributed by atoms with E-state index in [0.717, 1.165) is 29.0 Å². The van der Waals surface area contributed by atoms with Crippen LogP contribution < -0.4 is 9.47 Å². The normalized spacial score (nSPS) is 15.5. The third-order valence-corrected chi connectivity index (χ3v) is 5.06. The smallest absolute Gasteiger partial charge is 0.162 e. The largest absolute Gasteiger partial charge is 0.485 e.